The molecule has 0 spiro atoms. The fourth-order valence-electron chi connectivity index (χ4n) is 1.69. The molecule has 0 saturated heterocycles. The van der Waals surface area contributed by atoms with Gasteiger partial charge in [-0.05, 0) is 11.6 Å². The van der Waals surface area contributed by atoms with Crippen molar-refractivity contribution in [3.63, 3.8) is 0 Å². The van der Waals surface area contributed by atoms with Crippen molar-refractivity contribution < 1.29 is 8.42 Å². The summed E-state index contributed by atoms with van der Waals surface area (Å²) in [6.45, 7) is 9.37. The molecule has 19 heavy (non-hydrogen) atoms. The van der Waals surface area contributed by atoms with Crippen LogP contribution in [0.2, 0.25) is 0 Å². The normalized spacial score (nSPS) is 12.3. The predicted molar refractivity (Wildman–Crippen MR) is 76.3 cm³/mol. The summed E-state index contributed by atoms with van der Waals surface area (Å²) in [5.41, 5.74) is 0.979. The molecule has 1 heterocycles. The monoisotopic (exact) mass is 285 g/mol. The van der Waals surface area contributed by atoms with Crippen LogP contribution in [0.5, 0.6) is 0 Å². The van der Waals surface area contributed by atoms with Gasteiger partial charge in [-0.3, -0.25) is 0 Å². The molecule has 1 N–H and O–H groups in total. The predicted octanol–water partition coefficient (Wildman–Crippen LogP) is 1.61. The molecule has 0 amide bonds. The Balaban J connectivity index is 2.86. The quantitative estimate of drug-likeness (QED) is 0.827. The molecule has 0 bridgehead atoms. The fourth-order valence-corrected chi connectivity index (χ4v) is 3.06. The zero-order chi connectivity index (χ0) is 14.5. The van der Waals surface area contributed by atoms with E-state index in [-0.39, 0.29) is 5.03 Å². The van der Waals surface area contributed by atoms with Gasteiger partial charge in [-0.15, -0.1) is 0 Å². The van der Waals surface area contributed by atoms with Gasteiger partial charge < -0.3 is 5.32 Å². The molecule has 108 valence electrons. The highest BCUT2D eigenvalue weighted by Crippen LogP contribution is 2.13. The lowest BCUT2D eigenvalue weighted by Crippen LogP contribution is -2.31. The molecule has 1 aromatic heterocycles. The lowest BCUT2D eigenvalue weighted by atomic mass is 10.2. The second-order valence-corrected chi connectivity index (χ2v) is 6.51. The van der Waals surface area contributed by atoms with Crippen molar-refractivity contribution in [3.8, 4) is 0 Å². The first kappa shape index (κ1) is 16.1. The molecular weight excluding hydrogens is 262 g/mol. The largest absolute Gasteiger partial charge is 0.310 e. The maximum absolute atomic E-state index is 12.2. The van der Waals surface area contributed by atoms with Gasteiger partial charge in [-0.25, -0.2) is 13.4 Å². The Kier molecular flexibility index (Phi) is 5.90. The Labute approximate surface area is 116 Å². The van der Waals surface area contributed by atoms with Gasteiger partial charge >= 0.3 is 0 Å². The smallest absolute Gasteiger partial charge is 0.260 e. The van der Waals surface area contributed by atoms with Crippen LogP contribution in [-0.4, -0.2) is 36.8 Å². The van der Waals surface area contributed by atoms with Crippen LogP contribution in [0.15, 0.2) is 23.4 Å². The summed E-state index contributed by atoms with van der Waals surface area (Å²) in [5.74, 6) is 0. The summed E-state index contributed by atoms with van der Waals surface area (Å²) in [4.78, 5) is 4.08. The minimum Gasteiger partial charge on any atom is -0.310 e. The third kappa shape index (κ3) is 4.26. The van der Waals surface area contributed by atoms with E-state index in [1.807, 2.05) is 13.8 Å². The molecule has 0 radical (unpaired) electrons. The second-order valence-electron chi connectivity index (χ2n) is 4.63. The van der Waals surface area contributed by atoms with Gasteiger partial charge in [0.25, 0.3) is 10.0 Å². The molecule has 0 saturated carbocycles. The number of aromatic nitrogens is 1. The first-order valence-electron chi connectivity index (χ1n) is 6.60. The Morgan fingerprint density at radius 3 is 2.32 bits per heavy atom. The van der Waals surface area contributed by atoms with Crippen molar-refractivity contribution in [2.75, 3.05) is 13.1 Å². The fraction of sp³-hybridized carbons (Fsp3) is 0.615. The van der Waals surface area contributed by atoms with E-state index in [1.54, 1.807) is 18.3 Å². The zero-order valence-corrected chi connectivity index (χ0v) is 12.9. The van der Waals surface area contributed by atoms with Crippen LogP contribution in [0, 0.1) is 0 Å². The second kappa shape index (κ2) is 6.98. The minimum absolute atomic E-state index is 0.115. The highest BCUT2D eigenvalue weighted by Gasteiger charge is 2.22. The van der Waals surface area contributed by atoms with Gasteiger partial charge in [0.2, 0.25) is 0 Å². The highest BCUT2D eigenvalue weighted by atomic mass is 32.2. The molecule has 0 aromatic carbocycles. The van der Waals surface area contributed by atoms with Crippen LogP contribution in [0.4, 0.5) is 0 Å². The number of nitrogens with one attached hydrogen (secondary N) is 1. The first-order chi connectivity index (χ1) is 8.91. The van der Waals surface area contributed by atoms with E-state index in [2.05, 4.69) is 24.1 Å². The summed E-state index contributed by atoms with van der Waals surface area (Å²) in [5, 5.41) is 3.38. The van der Waals surface area contributed by atoms with Crippen LogP contribution >= 0.6 is 0 Å². The van der Waals surface area contributed by atoms with E-state index in [1.165, 1.54) is 4.31 Å². The summed E-state index contributed by atoms with van der Waals surface area (Å²) >= 11 is 0. The van der Waals surface area contributed by atoms with Crippen LogP contribution in [0.25, 0.3) is 0 Å². The maximum atomic E-state index is 12.2. The molecule has 1 aromatic rings. The molecule has 5 nitrogen and oxygen atoms in total. The van der Waals surface area contributed by atoms with Crippen LogP contribution in [-0.2, 0) is 16.6 Å². The molecule has 0 aliphatic heterocycles. The number of hydrogen-bond acceptors (Lipinski definition) is 4. The molecule has 0 aliphatic carbocycles. The number of rotatable bonds is 7. The minimum atomic E-state index is -3.45. The number of pyridine rings is 1. The molecule has 0 atom stereocenters. The van der Waals surface area contributed by atoms with E-state index >= 15 is 0 Å². The number of sulfonamides is 1. The van der Waals surface area contributed by atoms with Crippen molar-refractivity contribution in [1.82, 2.24) is 14.6 Å². The molecule has 0 unspecified atom stereocenters. The van der Waals surface area contributed by atoms with Crippen LogP contribution in [0.3, 0.4) is 0 Å². The van der Waals surface area contributed by atoms with E-state index in [9.17, 15) is 8.42 Å². The molecule has 0 aliphatic rings. The lowest BCUT2D eigenvalue weighted by molar-refractivity contribution is 0.442. The van der Waals surface area contributed by atoms with Crippen molar-refractivity contribution in [1.29, 1.82) is 0 Å². The molecule has 0 fully saturated rings. The molecule has 6 heteroatoms. The summed E-state index contributed by atoms with van der Waals surface area (Å²) in [6.07, 6.45) is 1.62. The third-order valence-electron chi connectivity index (χ3n) is 2.82. The Bertz CT molecular complexity index is 479. The van der Waals surface area contributed by atoms with Gasteiger partial charge in [0, 0.05) is 31.9 Å². The van der Waals surface area contributed by atoms with Crippen LogP contribution in [0.1, 0.15) is 33.3 Å². The third-order valence-corrected chi connectivity index (χ3v) is 4.79. The van der Waals surface area contributed by atoms with Gasteiger partial charge in [-0.1, -0.05) is 33.8 Å². The molecular formula is C13H23N3O2S. The summed E-state index contributed by atoms with van der Waals surface area (Å²) in [7, 11) is -3.45. The summed E-state index contributed by atoms with van der Waals surface area (Å²) < 4.78 is 25.8. The highest BCUT2D eigenvalue weighted by molar-refractivity contribution is 7.89. The SMILES string of the molecule is CCN(CC)S(=O)(=O)c1ccc(CNC(C)C)cn1. The number of nitrogens with zero attached hydrogens (tertiary/aromatic N) is 2. The zero-order valence-electron chi connectivity index (χ0n) is 12.0. The van der Waals surface area contributed by atoms with E-state index in [0.717, 1.165) is 5.56 Å². The Hall–Kier alpha value is -0.980. The number of hydrogen-bond donors (Lipinski definition) is 1. The van der Waals surface area contributed by atoms with E-state index < -0.39 is 10.0 Å². The van der Waals surface area contributed by atoms with Crippen LogP contribution < -0.4 is 5.32 Å². The Morgan fingerprint density at radius 1 is 1.26 bits per heavy atom. The van der Waals surface area contributed by atoms with E-state index in [0.29, 0.717) is 25.7 Å². The van der Waals surface area contributed by atoms with Crippen molar-refractivity contribution >= 4 is 10.0 Å². The maximum Gasteiger partial charge on any atom is 0.260 e. The standard InChI is InChI=1S/C13H23N3O2S/c1-5-16(6-2)19(17,18)13-8-7-12(10-15-13)9-14-11(3)4/h7-8,10-11,14H,5-6,9H2,1-4H3. The van der Waals surface area contributed by atoms with Crippen molar-refractivity contribution in [2.45, 2.75) is 45.3 Å². The van der Waals surface area contributed by atoms with Gasteiger partial charge in [0.05, 0.1) is 0 Å². The first-order valence-corrected chi connectivity index (χ1v) is 8.04. The van der Waals surface area contributed by atoms with Gasteiger partial charge in [-0.2, -0.15) is 4.31 Å². The Morgan fingerprint density at radius 2 is 1.89 bits per heavy atom. The van der Waals surface area contributed by atoms with Crippen molar-refractivity contribution in [2.24, 2.45) is 0 Å². The van der Waals surface area contributed by atoms with E-state index in [4.69, 9.17) is 0 Å². The average molecular weight is 285 g/mol. The average Bonchev–Trinajstić information content (AvgIpc) is 2.38. The topological polar surface area (TPSA) is 62.3 Å². The lowest BCUT2D eigenvalue weighted by Gasteiger charge is -2.17. The van der Waals surface area contributed by atoms with Gasteiger partial charge in [0.1, 0.15) is 0 Å². The van der Waals surface area contributed by atoms with Gasteiger partial charge in [0.15, 0.2) is 5.03 Å². The summed E-state index contributed by atoms with van der Waals surface area (Å²) in [6, 6.07) is 3.77. The van der Waals surface area contributed by atoms with Crippen molar-refractivity contribution in [3.05, 3.63) is 23.9 Å². The molecule has 1 rings (SSSR count).